The summed E-state index contributed by atoms with van der Waals surface area (Å²) in [6.07, 6.45) is 0. The maximum Gasteiger partial charge on any atom is 0.257 e. The Bertz CT molecular complexity index is 1080. The molecule has 136 valence electrons. The Hall–Kier alpha value is -2.25. The molecule has 3 rings (SSSR count). The van der Waals surface area contributed by atoms with E-state index >= 15 is 0 Å². The third-order valence-corrected chi connectivity index (χ3v) is 7.40. The van der Waals surface area contributed by atoms with Crippen molar-refractivity contribution < 1.29 is 13.2 Å². The van der Waals surface area contributed by atoms with E-state index in [0.717, 1.165) is 21.3 Å². The number of hydrogen-bond donors (Lipinski definition) is 1. The third kappa shape index (κ3) is 3.50. The summed E-state index contributed by atoms with van der Waals surface area (Å²) in [4.78, 5) is 17.1. The Morgan fingerprint density at radius 2 is 1.77 bits per heavy atom. The molecule has 0 aliphatic carbocycles. The average Bonchev–Trinajstić information content (AvgIpc) is 2.97. The summed E-state index contributed by atoms with van der Waals surface area (Å²) < 4.78 is 25.4. The van der Waals surface area contributed by atoms with Crippen LogP contribution in [-0.4, -0.2) is 24.6 Å². The molecule has 0 fully saturated rings. The fourth-order valence-electron chi connectivity index (χ4n) is 2.67. The molecule has 0 saturated carbocycles. The second kappa shape index (κ2) is 6.81. The molecule has 0 spiro atoms. The minimum absolute atomic E-state index is 0.218. The monoisotopic (exact) mass is 388 g/mol. The number of nitrogens with one attached hydrogen (secondary N) is 1. The van der Waals surface area contributed by atoms with E-state index in [-0.39, 0.29) is 10.8 Å². The first-order valence-electron chi connectivity index (χ1n) is 8.21. The van der Waals surface area contributed by atoms with E-state index in [1.807, 2.05) is 19.9 Å². The topological polar surface area (TPSA) is 76.1 Å². The summed E-state index contributed by atoms with van der Waals surface area (Å²) >= 11 is 1.43. The Morgan fingerprint density at radius 1 is 1.12 bits per heavy atom. The van der Waals surface area contributed by atoms with Gasteiger partial charge in [-0.2, -0.15) is 0 Å². The van der Waals surface area contributed by atoms with E-state index in [1.165, 1.54) is 35.6 Å². The molecular weight excluding hydrogens is 368 g/mol. The van der Waals surface area contributed by atoms with Crippen LogP contribution in [0.2, 0.25) is 0 Å². The van der Waals surface area contributed by atoms with Crippen LogP contribution in [0.15, 0.2) is 41.3 Å². The number of thiazole rings is 1. The fourth-order valence-corrected chi connectivity index (χ4v) is 4.64. The predicted molar refractivity (Wildman–Crippen MR) is 106 cm³/mol. The van der Waals surface area contributed by atoms with E-state index in [1.54, 1.807) is 13.8 Å². The smallest absolute Gasteiger partial charge is 0.257 e. The molecule has 0 bridgehead atoms. The van der Waals surface area contributed by atoms with Crippen molar-refractivity contribution in [3.05, 3.63) is 53.1 Å². The first kappa shape index (κ1) is 18.5. The molecule has 1 amide bonds. The lowest BCUT2D eigenvalue weighted by Crippen LogP contribution is -2.15. The lowest BCUT2D eigenvalue weighted by molar-refractivity contribution is 0.102. The van der Waals surface area contributed by atoms with Crippen molar-refractivity contribution in [1.82, 2.24) is 4.98 Å². The maximum atomic E-state index is 12.4. The van der Waals surface area contributed by atoms with Crippen LogP contribution in [0, 0.1) is 13.8 Å². The molecule has 0 saturated heterocycles. The van der Waals surface area contributed by atoms with E-state index < -0.39 is 15.1 Å². The molecule has 5 nitrogen and oxygen atoms in total. The van der Waals surface area contributed by atoms with Gasteiger partial charge in [-0.05, 0) is 69.2 Å². The molecule has 7 heteroatoms. The Balaban J connectivity index is 1.83. The van der Waals surface area contributed by atoms with Crippen LogP contribution in [0.4, 0.5) is 5.13 Å². The molecule has 0 unspecified atom stereocenters. The number of amides is 1. The number of rotatable bonds is 4. The first-order valence-corrected chi connectivity index (χ1v) is 10.6. The Kier molecular flexibility index (Phi) is 4.86. The van der Waals surface area contributed by atoms with Gasteiger partial charge in [0.05, 0.1) is 20.4 Å². The van der Waals surface area contributed by atoms with Crippen molar-refractivity contribution in [1.29, 1.82) is 0 Å². The Morgan fingerprint density at radius 3 is 2.38 bits per heavy atom. The summed E-state index contributed by atoms with van der Waals surface area (Å²) in [5.41, 5.74) is 3.50. The minimum atomic E-state index is -3.35. The number of benzene rings is 2. The summed E-state index contributed by atoms with van der Waals surface area (Å²) in [5, 5.41) is 2.82. The summed E-state index contributed by atoms with van der Waals surface area (Å²) in [6.45, 7) is 7.30. The van der Waals surface area contributed by atoms with Crippen LogP contribution in [0.25, 0.3) is 10.2 Å². The van der Waals surface area contributed by atoms with Crippen molar-refractivity contribution >= 4 is 42.4 Å². The maximum absolute atomic E-state index is 12.4. The number of sulfone groups is 1. The van der Waals surface area contributed by atoms with Gasteiger partial charge < -0.3 is 0 Å². The van der Waals surface area contributed by atoms with Gasteiger partial charge in [-0.25, -0.2) is 13.4 Å². The van der Waals surface area contributed by atoms with Gasteiger partial charge >= 0.3 is 0 Å². The number of nitrogens with zero attached hydrogens (tertiary/aromatic N) is 1. The first-order chi connectivity index (χ1) is 12.2. The highest BCUT2D eigenvalue weighted by Gasteiger charge is 2.19. The molecule has 26 heavy (non-hydrogen) atoms. The van der Waals surface area contributed by atoms with Gasteiger partial charge in [-0.3, -0.25) is 10.1 Å². The molecule has 0 radical (unpaired) electrons. The number of carbonyl (C=O) groups excluding carboxylic acids is 1. The fraction of sp³-hybridized carbons (Fsp3) is 0.263. The number of aryl methyl sites for hydroxylation is 2. The van der Waals surface area contributed by atoms with E-state index in [9.17, 15) is 13.2 Å². The van der Waals surface area contributed by atoms with E-state index in [4.69, 9.17) is 0 Å². The quantitative estimate of drug-likeness (QED) is 0.721. The van der Waals surface area contributed by atoms with Crippen LogP contribution < -0.4 is 5.32 Å². The number of aromatic nitrogens is 1. The standard InChI is InChI=1S/C19H20N2O3S2/c1-11(2)26(23,24)15-7-5-14(6-8-15)18(22)21-19-20-16-10-12(3)9-13(4)17(16)25-19/h5-11H,1-4H3,(H,20,21,22). The largest absolute Gasteiger partial charge is 0.298 e. The normalized spacial score (nSPS) is 11.9. The molecule has 2 aromatic carbocycles. The van der Waals surface area contributed by atoms with Crippen molar-refractivity contribution in [2.24, 2.45) is 0 Å². The second-order valence-electron chi connectivity index (χ2n) is 6.52. The highest BCUT2D eigenvalue weighted by atomic mass is 32.2. The number of hydrogen-bond acceptors (Lipinski definition) is 5. The molecule has 0 aliphatic heterocycles. The van der Waals surface area contributed by atoms with Crippen molar-refractivity contribution in [3.63, 3.8) is 0 Å². The zero-order valence-corrected chi connectivity index (χ0v) is 16.7. The SMILES string of the molecule is Cc1cc(C)c2sc(NC(=O)c3ccc(S(=O)(=O)C(C)C)cc3)nc2c1. The number of carbonyl (C=O) groups is 1. The molecule has 3 aromatic rings. The van der Waals surface area contributed by atoms with Crippen LogP contribution in [0.5, 0.6) is 0 Å². The summed E-state index contributed by atoms with van der Waals surface area (Å²) in [7, 11) is -3.35. The van der Waals surface area contributed by atoms with Gasteiger partial charge in [-0.15, -0.1) is 0 Å². The molecule has 1 aromatic heterocycles. The number of fused-ring (bicyclic) bond motifs is 1. The predicted octanol–water partition coefficient (Wildman–Crippen LogP) is 4.35. The van der Waals surface area contributed by atoms with Crippen LogP contribution in [0.1, 0.15) is 35.3 Å². The lowest BCUT2D eigenvalue weighted by Gasteiger charge is -2.08. The van der Waals surface area contributed by atoms with Crippen molar-refractivity contribution in [2.75, 3.05) is 5.32 Å². The summed E-state index contributed by atoms with van der Waals surface area (Å²) in [6, 6.07) is 10.0. The van der Waals surface area contributed by atoms with Crippen LogP contribution in [0.3, 0.4) is 0 Å². The molecule has 0 aliphatic rings. The molecule has 1 N–H and O–H groups in total. The van der Waals surface area contributed by atoms with Gasteiger partial charge in [0.1, 0.15) is 0 Å². The summed E-state index contributed by atoms with van der Waals surface area (Å²) in [5.74, 6) is -0.313. The third-order valence-electron chi connectivity index (χ3n) is 4.11. The van der Waals surface area contributed by atoms with Crippen molar-refractivity contribution in [2.45, 2.75) is 37.8 Å². The van der Waals surface area contributed by atoms with Crippen LogP contribution in [-0.2, 0) is 9.84 Å². The van der Waals surface area contributed by atoms with E-state index in [0.29, 0.717) is 10.7 Å². The minimum Gasteiger partial charge on any atom is -0.298 e. The lowest BCUT2D eigenvalue weighted by atomic mass is 10.1. The van der Waals surface area contributed by atoms with Crippen molar-refractivity contribution in [3.8, 4) is 0 Å². The van der Waals surface area contributed by atoms with Crippen LogP contribution >= 0.6 is 11.3 Å². The van der Waals surface area contributed by atoms with Gasteiger partial charge in [-0.1, -0.05) is 17.4 Å². The highest BCUT2D eigenvalue weighted by Crippen LogP contribution is 2.30. The van der Waals surface area contributed by atoms with Gasteiger partial charge in [0.15, 0.2) is 15.0 Å². The van der Waals surface area contributed by atoms with E-state index in [2.05, 4.69) is 16.4 Å². The zero-order chi connectivity index (χ0) is 19.1. The van der Waals surface area contributed by atoms with Gasteiger partial charge in [0.25, 0.3) is 5.91 Å². The molecular formula is C19H20N2O3S2. The molecule has 0 atom stereocenters. The average molecular weight is 389 g/mol. The number of anilines is 1. The Labute approximate surface area is 157 Å². The van der Waals surface area contributed by atoms with Gasteiger partial charge in [0.2, 0.25) is 0 Å². The zero-order valence-electron chi connectivity index (χ0n) is 15.0. The molecule has 1 heterocycles. The second-order valence-corrected chi connectivity index (χ2v) is 10.0. The van der Waals surface area contributed by atoms with Gasteiger partial charge in [0, 0.05) is 5.56 Å². The highest BCUT2D eigenvalue weighted by molar-refractivity contribution is 7.92.